The highest BCUT2D eigenvalue weighted by Gasteiger charge is 2.35. The Morgan fingerprint density at radius 3 is 2.73 bits per heavy atom. The topological polar surface area (TPSA) is 75.9 Å². The maximum atomic E-state index is 12.7. The van der Waals surface area contributed by atoms with Crippen LogP contribution in [0.1, 0.15) is 23.2 Å². The summed E-state index contributed by atoms with van der Waals surface area (Å²) in [4.78, 5) is 15.1. The number of benzene rings is 1. The second-order valence-corrected chi connectivity index (χ2v) is 5.99. The van der Waals surface area contributed by atoms with Gasteiger partial charge >= 0.3 is 0 Å². The van der Waals surface area contributed by atoms with Crippen LogP contribution >= 0.6 is 0 Å². The molecule has 0 radical (unpaired) electrons. The van der Waals surface area contributed by atoms with Crippen molar-refractivity contribution in [2.75, 3.05) is 19.6 Å². The molecule has 1 unspecified atom stereocenters. The van der Waals surface area contributed by atoms with Crippen molar-refractivity contribution in [1.82, 2.24) is 30.4 Å². The second kappa shape index (κ2) is 5.49. The predicted octanol–water partition coefficient (Wildman–Crippen LogP) is 0.486. The van der Waals surface area contributed by atoms with Crippen LogP contribution in [-0.4, -0.2) is 56.7 Å². The molecule has 1 aromatic heterocycles. The molecule has 3 aliphatic rings. The SMILES string of the molecule is O=C(NC1CN2CCC1CC2)c1ccccc1-n1cnnn1. The Morgan fingerprint density at radius 1 is 1.23 bits per heavy atom. The molecule has 114 valence electrons. The van der Waals surface area contributed by atoms with Crippen LogP contribution in [0.3, 0.4) is 0 Å². The quantitative estimate of drug-likeness (QED) is 0.892. The highest BCUT2D eigenvalue weighted by atomic mass is 16.1. The Kier molecular flexibility index (Phi) is 3.34. The van der Waals surface area contributed by atoms with Gasteiger partial charge in [0, 0.05) is 12.6 Å². The zero-order valence-corrected chi connectivity index (χ0v) is 12.2. The van der Waals surface area contributed by atoms with Gasteiger partial charge in [-0.25, -0.2) is 0 Å². The third-order valence-electron chi connectivity index (χ3n) is 4.72. The van der Waals surface area contributed by atoms with Crippen LogP contribution < -0.4 is 5.32 Å². The monoisotopic (exact) mass is 298 g/mol. The van der Waals surface area contributed by atoms with E-state index in [1.165, 1.54) is 23.9 Å². The lowest BCUT2D eigenvalue weighted by atomic mass is 9.84. The van der Waals surface area contributed by atoms with Crippen molar-refractivity contribution in [1.29, 1.82) is 0 Å². The van der Waals surface area contributed by atoms with Crippen LogP contribution in [0.25, 0.3) is 5.69 Å². The fraction of sp³-hybridized carbons (Fsp3) is 0.467. The highest BCUT2D eigenvalue weighted by molar-refractivity contribution is 5.97. The van der Waals surface area contributed by atoms with Crippen molar-refractivity contribution in [3.05, 3.63) is 36.2 Å². The molecule has 3 aliphatic heterocycles. The number of para-hydroxylation sites is 1. The molecular formula is C15H18N6O. The first-order chi connectivity index (χ1) is 10.8. The minimum absolute atomic E-state index is 0.0511. The minimum Gasteiger partial charge on any atom is -0.348 e. The van der Waals surface area contributed by atoms with Crippen LogP contribution in [0.4, 0.5) is 0 Å². The Morgan fingerprint density at radius 2 is 2.05 bits per heavy atom. The van der Waals surface area contributed by atoms with Gasteiger partial charge in [0.15, 0.2) is 0 Å². The number of carbonyl (C=O) groups is 1. The Hall–Kier alpha value is -2.28. The Balaban J connectivity index is 1.56. The van der Waals surface area contributed by atoms with Crippen LogP contribution in [0.5, 0.6) is 0 Å². The molecule has 1 atom stereocenters. The van der Waals surface area contributed by atoms with Gasteiger partial charge in [0.05, 0.1) is 11.3 Å². The third-order valence-corrected chi connectivity index (χ3v) is 4.72. The van der Waals surface area contributed by atoms with E-state index in [9.17, 15) is 4.79 Å². The fourth-order valence-corrected chi connectivity index (χ4v) is 3.51. The van der Waals surface area contributed by atoms with Crippen LogP contribution in [0.2, 0.25) is 0 Å². The molecule has 7 nitrogen and oxygen atoms in total. The largest absolute Gasteiger partial charge is 0.348 e. The average molecular weight is 298 g/mol. The zero-order chi connectivity index (χ0) is 14.9. The number of nitrogens with zero attached hydrogens (tertiary/aromatic N) is 5. The highest BCUT2D eigenvalue weighted by Crippen LogP contribution is 2.27. The maximum Gasteiger partial charge on any atom is 0.253 e. The van der Waals surface area contributed by atoms with Gasteiger partial charge in [-0.2, -0.15) is 4.68 Å². The number of amides is 1. The molecule has 3 fully saturated rings. The summed E-state index contributed by atoms with van der Waals surface area (Å²) in [6.07, 6.45) is 3.86. The van der Waals surface area contributed by atoms with Crippen molar-refractivity contribution < 1.29 is 4.79 Å². The summed E-state index contributed by atoms with van der Waals surface area (Å²) >= 11 is 0. The summed E-state index contributed by atoms with van der Waals surface area (Å²) in [6, 6.07) is 7.65. The number of carbonyl (C=O) groups excluding carboxylic acids is 1. The molecular weight excluding hydrogens is 280 g/mol. The maximum absolute atomic E-state index is 12.7. The molecule has 2 bridgehead atoms. The lowest BCUT2D eigenvalue weighted by Crippen LogP contribution is -2.57. The molecule has 0 aliphatic carbocycles. The Labute approximate surface area is 128 Å². The number of piperidine rings is 3. The summed E-state index contributed by atoms with van der Waals surface area (Å²) < 4.78 is 1.52. The van der Waals surface area contributed by atoms with Crippen molar-refractivity contribution in [3.8, 4) is 5.69 Å². The number of aromatic nitrogens is 4. The van der Waals surface area contributed by atoms with Gasteiger partial charge in [-0.05, 0) is 54.4 Å². The number of fused-ring (bicyclic) bond motifs is 3. The van der Waals surface area contributed by atoms with Gasteiger partial charge in [-0.3, -0.25) is 4.79 Å². The molecule has 1 N–H and O–H groups in total. The van der Waals surface area contributed by atoms with Crippen molar-refractivity contribution in [2.45, 2.75) is 18.9 Å². The minimum atomic E-state index is -0.0511. The van der Waals surface area contributed by atoms with E-state index in [0.29, 0.717) is 17.2 Å². The molecule has 1 amide bonds. The standard InChI is InChI=1S/C15H18N6O/c22-15(17-13-9-20-7-5-11(13)6-8-20)12-3-1-2-4-14(12)21-10-16-18-19-21/h1-4,10-11,13H,5-9H2,(H,17,22). The molecule has 1 aromatic carbocycles. The lowest BCUT2D eigenvalue weighted by Gasteiger charge is -2.44. The van der Waals surface area contributed by atoms with E-state index in [1.807, 2.05) is 24.3 Å². The van der Waals surface area contributed by atoms with Crippen molar-refractivity contribution in [3.63, 3.8) is 0 Å². The number of hydrogen-bond acceptors (Lipinski definition) is 5. The number of hydrogen-bond donors (Lipinski definition) is 1. The molecule has 2 aromatic rings. The summed E-state index contributed by atoms with van der Waals surface area (Å²) in [7, 11) is 0. The predicted molar refractivity (Wildman–Crippen MR) is 79.6 cm³/mol. The summed E-state index contributed by atoms with van der Waals surface area (Å²) in [5.41, 5.74) is 1.30. The van der Waals surface area contributed by atoms with E-state index in [4.69, 9.17) is 0 Å². The molecule has 22 heavy (non-hydrogen) atoms. The van der Waals surface area contributed by atoms with E-state index in [-0.39, 0.29) is 11.9 Å². The van der Waals surface area contributed by atoms with Crippen molar-refractivity contribution in [2.24, 2.45) is 5.92 Å². The molecule has 3 saturated heterocycles. The first kappa shape index (κ1) is 13.4. The van der Waals surface area contributed by atoms with Gasteiger partial charge in [-0.15, -0.1) is 5.10 Å². The summed E-state index contributed by atoms with van der Waals surface area (Å²) in [5, 5.41) is 14.4. The van der Waals surface area contributed by atoms with E-state index in [1.54, 1.807) is 0 Å². The van der Waals surface area contributed by atoms with Gasteiger partial charge in [0.1, 0.15) is 6.33 Å². The van der Waals surface area contributed by atoms with E-state index in [0.717, 1.165) is 19.6 Å². The van der Waals surface area contributed by atoms with Gasteiger partial charge < -0.3 is 10.2 Å². The second-order valence-electron chi connectivity index (χ2n) is 5.99. The van der Waals surface area contributed by atoms with Gasteiger partial charge in [0.2, 0.25) is 0 Å². The number of rotatable bonds is 3. The molecule has 0 spiro atoms. The van der Waals surface area contributed by atoms with E-state index in [2.05, 4.69) is 25.7 Å². The normalized spacial score (nSPS) is 26.8. The summed E-state index contributed by atoms with van der Waals surface area (Å²) in [6.45, 7) is 3.29. The summed E-state index contributed by atoms with van der Waals surface area (Å²) in [5.74, 6) is 0.555. The van der Waals surface area contributed by atoms with Crippen LogP contribution in [0, 0.1) is 5.92 Å². The van der Waals surface area contributed by atoms with Gasteiger partial charge in [0.25, 0.3) is 5.91 Å². The van der Waals surface area contributed by atoms with Crippen LogP contribution in [-0.2, 0) is 0 Å². The van der Waals surface area contributed by atoms with Gasteiger partial charge in [-0.1, -0.05) is 12.1 Å². The van der Waals surface area contributed by atoms with Crippen molar-refractivity contribution >= 4 is 5.91 Å². The molecule has 5 rings (SSSR count). The van der Waals surface area contributed by atoms with E-state index < -0.39 is 0 Å². The Bertz CT molecular complexity index is 662. The first-order valence-corrected chi connectivity index (χ1v) is 7.67. The third kappa shape index (κ3) is 2.37. The number of tetrazole rings is 1. The van der Waals surface area contributed by atoms with E-state index >= 15 is 0 Å². The lowest BCUT2D eigenvalue weighted by molar-refractivity contribution is 0.0620. The number of nitrogens with one attached hydrogen (secondary N) is 1. The first-order valence-electron chi connectivity index (χ1n) is 7.67. The van der Waals surface area contributed by atoms with Crippen LogP contribution in [0.15, 0.2) is 30.6 Å². The average Bonchev–Trinajstić information content (AvgIpc) is 3.10. The zero-order valence-electron chi connectivity index (χ0n) is 12.2. The molecule has 4 heterocycles. The molecule has 0 saturated carbocycles. The molecule has 7 heteroatoms. The smallest absolute Gasteiger partial charge is 0.253 e. The fourth-order valence-electron chi connectivity index (χ4n) is 3.51.